The summed E-state index contributed by atoms with van der Waals surface area (Å²) in [6, 6.07) is -0.308. The van der Waals surface area contributed by atoms with E-state index in [2.05, 4.69) is 5.10 Å². The normalized spacial score (nSPS) is 21.5. The molecule has 19 heavy (non-hydrogen) atoms. The van der Waals surface area contributed by atoms with Crippen LogP contribution in [0.1, 0.15) is 50.8 Å². The van der Waals surface area contributed by atoms with Gasteiger partial charge in [-0.05, 0) is 25.2 Å². The lowest BCUT2D eigenvalue weighted by Crippen LogP contribution is -2.32. The largest absolute Gasteiger partial charge is 0.322 e. The smallest absolute Gasteiger partial charge is 0.248 e. The number of hydrogen-bond donors (Lipinski definition) is 1. The molecular formula is C13H20ClF2N3. The van der Waals surface area contributed by atoms with Gasteiger partial charge in [0.05, 0.1) is 23.0 Å². The first-order chi connectivity index (χ1) is 8.94. The van der Waals surface area contributed by atoms with Crippen LogP contribution in [0.15, 0.2) is 6.20 Å². The van der Waals surface area contributed by atoms with Crippen molar-refractivity contribution in [1.29, 1.82) is 0 Å². The van der Waals surface area contributed by atoms with E-state index in [-0.39, 0.29) is 24.8 Å². The third-order valence-corrected chi connectivity index (χ3v) is 4.15. The van der Waals surface area contributed by atoms with Crippen molar-refractivity contribution in [2.45, 2.75) is 57.5 Å². The maximum Gasteiger partial charge on any atom is 0.248 e. The van der Waals surface area contributed by atoms with E-state index in [0.29, 0.717) is 17.9 Å². The number of aryl methyl sites for hydroxylation is 1. The van der Waals surface area contributed by atoms with Gasteiger partial charge in [-0.15, -0.1) is 0 Å². The molecule has 0 amide bonds. The third kappa shape index (κ3) is 3.26. The third-order valence-electron chi connectivity index (χ3n) is 3.85. The zero-order valence-electron chi connectivity index (χ0n) is 11.1. The van der Waals surface area contributed by atoms with Gasteiger partial charge >= 0.3 is 0 Å². The second kappa shape index (κ2) is 5.75. The van der Waals surface area contributed by atoms with Crippen molar-refractivity contribution in [1.82, 2.24) is 9.78 Å². The highest BCUT2D eigenvalue weighted by atomic mass is 35.5. The summed E-state index contributed by atoms with van der Waals surface area (Å²) in [6.45, 7) is 2.80. The fourth-order valence-corrected chi connectivity index (χ4v) is 3.01. The number of halogens is 3. The fraction of sp³-hybridized carbons (Fsp3) is 0.769. The van der Waals surface area contributed by atoms with Crippen LogP contribution in [-0.4, -0.2) is 15.7 Å². The minimum atomic E-state index is -2.52. The minimum absolute atomic E-state index is 0.0597. The van der Waals surface area contributed by atoms with E-state index in [1.807, 2.05) is 6.92 Å². The maximum atomic E-state index is 13.2. The van der Waals surface area contributed by atoms with Crippen molar-refractivity contribution in [3.63, 3.8) is 0 Å². The Morgan fingerprint density at radius 1 is 1.53 bits per heavy atom. The molecule has 0 aromatic carbocycles. The molecule has 0 bridgehead atoms. The number of nitrogens with zero attached hydrogens (tertiary/aromatic N) is 2. The minimum Gasteiger partial charge on any atom is -0.322 e. The molecule has 108 valence electrons. The molecule has 6 heteroatoms. The van der Waals surface area contributed by atoms with E-state index >= 15 is 0 Å². The maximum absolute atomic E-state index is 13.2. The van der Waals surface area contributed by atoms with Crippen molar-refractivity contribution < 1.29 is 8.78 Å². The predicted molar refractivity (Wildman–Crippen MR) is 71.4 cm³/mol. The molecule has 0 saturated heterocycles. The van der Waals surface area contributed by atoms with E-state index < -0.39 is 5.92 Å². The highest BCUT2D eigenvalue weighted by Gasteiger charge is 2.38. The van der Waals surface area contributed by atoms with Crippen LogP contribution >= 0.6 is 11.6 Å². The van der Waals surface area contributed by atoms with Crippen LogP contribution in [0.5, 0.6) is 0 Å². The van der Waals surface area contributed by atoms with Crippen LogP contribution in [0.4, 0.5) is 8.78 Å². The molecule has 0 aliphatic heterocycles. The van der Waals surface area contributed by atoms with Crippen molar-refractivity contribution >= 4 is 11.6 Å². The first kappa shape index (κ1) is 14.7. The molecular weight excluding hydrogens is 272 g/mol. The Balaban J connectivity index is 2.11. The predicted octanol–water partition coefficient (Wildman–Crippen LogP) is 3.77. The monoisotopic (exact) mass is 291 g/mol. The van der Waals surface area contributed by atoms with Gasteiger partial charge in [-0.25, -0.2) is 8.78 Å². The number of aromatic nitrogens is 2. The summed E-state index contributed by atoms with van der Waals surface area (Å²) in [6.07, 6.45) is 3.25. The number of rotatable bonds is 4. The lowest BCUT2D eigenvalue weighted by Gasteiger charge is -2.32. The lowest BCUT2D eigenvalue weighted by atomic mass is 9.81. The summed E-state index contributed by atoms with van der Waals surface area (Å²) >= 11 is 6.14. The molecule has 3 nitrogen and oxygen atoms in total. The Labute approximate surface area is 117 Å². The van der Waals surface area contributed by atoms with Crippen molar-refractivity contribution in [2.24, 2.45) is 11.7 Å². The number of alkyl halides is 2. The van der Waals surface area contributed by atoms with E-state index in [1.54, 1.807) is 10.9 Å². The SMILES string of the molecule is CCCn1ncc(Cl)c1C(N)C1CCC(F)(F)CC1. The molecule has 1 saturated carbocycles. The van der Waals surface area contributed by atoms with Gasteiger partial charge in [-0.3, -0.25) is 4.68 Å². The summed E-state index contributed by atoms with van der Waals surface area (Å²) in [5.74, 6) is -2.46. The fourth-order valence-electron chi connectivity index (χ4n) is 2.74. The molecule has 1 aliphatic rings. The molecule has 1 heterocycles. The van der Waals surface area contributed by atoms with Crippen molar-refractivity contribution in [2.75, 3.05) is 0 Å². The van der Waals surface area contributed by atoms with E-state index in [9.17, 15) is 8.78 Å². The summed E-state index contributed by atoms with van der Waals surface area (Å²) in [7, 11) is 0. The molecule has 2 rings (SSSR count). The van der Waals surface area contributed by atoms with E-state index in [1.165, 1.54) is 0 Å². The highest BCUT2D eigenvalue weighted by molar-refractivity contribution is 6.31. The average molecular weight is 292 g/mol. The summed E-state index contributed by atoms with van der Waals surface area (Å²) in [5, 5.41) is 4.75. The molecule has 1 aromatic heterocycles. The first-order valence-electron chi connectivity index (χ1n) is 6.79. The Morgan fingerprint density at radius 3 is 2.74 bits per heavy atom. The van der Waals surface area contributed by atoms with Gasteiger partial charge in [0, 0.05) is 19.4 Å². The average Bonchev–Trinajstić information content (AvgIpc) is 2.70. The Morgan fingerprint density at radius 2 is 2.16 bits per heavy atom. The van der Waals surface area contributed by atoms with Gasteiger partial charge in [-0.1, -0.05) is 18.5 Å². The molecule has 1 unspecified atom stereocenters. The molecule has 1 fully saturated rings. The standard InChI is InChI=1S/C13H20ClF2N3/c1-2-7-19-12(10(14)8-18-19)11(17)9-3-5-13(15,16)6-4-9/h8-9,11H,2-7,17H2,1H3. The quantitative estimate of drug-likeness (QED) is 0.917. The second-order valence-electron chi connectivity index (χ2n) is 5.32. The van der Waals surface area contributed by atoms with Crippen molar-refractivity contribution in [3.8, 4) is 0 Å². The van der Waals surface area contributed by atoms with Gasteiger partial charge in [0.2, 0.25) is 5.92 Å². The summed E-state index contributed by atoms with van der Waals surface area (Å²) < 4.78 is 28.2. The molecule has 2 N–H and O–H groups in total. The molecule has 1 aliphatic carbocycles. The molecule has 1 atom stereocenters. The first-order valence-corrected chi connectivity index (χ1v) is 7.17. The lowest BCUT2D eigenvalue weighted by molar-refractivity contribution is -0.0486. The highest BCUT2D eigenvalue weighted by Crippen LogP contribution is 2.41. The Hall–Kier alpha value is -0.680. The van der Waals surface area contributed by atoms with E-state index in [4.69, 9.17) is 17.3 Å². The zero-order chi connectivity index (χ0) is 14.0. The van der Waals surface area contributed by atoms with Gasteiger partial charge < -0.3 is 5.73 Å². The van der Waals surface area contributed by atoms with E-state index in [0.717, 1.165) is 18.7 Å². The van der Waals surface area contributed by atoms with Gasteiger partial charge in [0.15, 0.2) is 0 Å². The number of hydrogen-bond acceptors (Lipinski definition) is 2. The Bertz CT molecular complexity index is 424. The zero-order valence-corrected chi connectivity index (χ0v) is 11.8. The Kier molecular flexibility index (Phi) is 4.46. The van der Waals surface area contributed by atoms with Crippen LogP contribution in [0.25, 0.3) is 0 Å². The van der Waals surface area contributed by atoms with Gasteiger partial charge in [0.1, 0.15) is 0 Å². The van der Waals surface area contributed by atoms with Crippen LogP contribution in [0.2, 0.25) is 5.02 Å². The van der Waals surface area contributed by atoms with Crippen LogP contribution in [0.3, 0.4) is 0 Å². The van der Waals surface area contributed by atoms with Crippen LogP contribution in [0, 0.1) is 5.92 Å². The van der Waals surface area contributed by atoms with Crippen LogP contribution in [-0.2, 0) is 6.54 Å². The van der Waals surface area contributed by atoms with Crippen LogP contribution < -0.4 is 5.73 Å². The molecule has 0 radical (unpaired) electrons. The summed E-state index contributed by atoms with van der Waals surface area (Å²) in [5.41, 5.74) is 7.03. The van der Waals surface area contributed by atoms with Gasteiger partial charge in [0.25, 0.3) is 0 Å². The van der Waals surface area contributed by atoms with Gasteiger partial charge in [-0.2, -0.15) is 5.10 Å². The topological polar surface area (TPSA) is 43.8 Å². The summed E-state index contributed by atoms with van der Waals surface area (Å²) in [4.78, 5) is 0. The molecule has 1 aromatic rings. The second-order valence-corrected chi connectivity index (χ2v) is 5.73. The number of nitrogens with two attached hydrogens (primary N) is 1. The molecule has 0 spiro atoms. The van der Waals surface area contributed by atoms with Crippen molar-refractivity contribution in [3.05, 3.63) is 16.9 Å².